The Bertz CT molecular complexity index is 426. The van der Waals surface area contributed by atoms with Gasteiger partial charge in [-0.15, -0.1) is 0 Å². The van der Waals surface area contributed by atoms with Gasteiger partial charge in [0.15, 0.2) is 0 Å². The van der Waals surface area contributed by atoms with Gasteiger partial charge in [-0.1, -0.05) is 18.5 Å². The van der Waals surface area contributed by atoms with E-state index in [0.717, 1.165) is 13.0 Å². The van der Waals surface area contributed by atoms with Crippen LogP contribution in [0.1, 0.15) is 36.7 Å². The van der Waals surface area contributed by atoms with E-state index >= 15 is 0 Å². The van der Waals surface area contributed by atoms with Gasteiger partial charge in [-0.05, 0) is 31.2 Å². The molecule has 1 amide bonds. The molecule has 1 unspecified atom stereocenters. The van der Waals surface area contributed by atoms with Crippen LogP contribution in [0.3, 0.4) is 0 Å². The molecule has 1 aromatic rings. The predicted molar refractivity (Wildman–Crippen MR) is 72.8 cm³/mol. The summed E-state index contributed by atoms with van der Waals surface area (Å²) >= 11 is 5.94. The number of nitrogens with one attached hydrogen (secondary N) is 1. The second-order valence-electron chi connectivity index (χ2n) is 4.95. The lowest BCUT2D eigenvalue weighted by Gasteiger charge is -2.12. The minimum atomic E-state index is -0.0912. The van der Waals surface area contributed by atoms with Crippen molar-refractivity contribution < 1.29 is 4.79 Å². The SMILES string of the molecule is CCCn1cc(Cl)cc1C(=O)NCC(N)C1CC1. The first-order chi connectivity index (χ1) is 8.61. The van der Waals surface area contributed by atoms with E-state index < -0.39 is 0 Å². The van der Waals surface area contributed by atoms with Crippen molar-refractivity contribution in [3.8, 4) is 0 Å². The quantitative estimate of drug-likeness (QED) is 0.830. The molecule has 1 fully saturated rings. The van der Waals surface area contributed by atoms with Crippen molar-refractivity contribution in [2.45, 2.75) is 38.8 Å². The van der Waals surface area contributed by atoms with Gasteiger partial charge in [0.25, 0.3) is 5.91 Å². The average Bonchev–Trinajstić information content (AvgIpc) is 3.11. The molecule has 1 aliphatic rings. The van der Waals surface area contributed by atoms with Crippen LogP contribution in [-0.4, -0.2) is 23.1 Å². The van der Waals surface area contributed by atoms with E-state index in [9.17, 15) is 4.79 Å². The highest BCUT2D eigenvalue weighted by molar-refractivity contribution is 6.31. The van der Waals surface area contributed by atoms with Gasteiger partial charge in [0.1, 0.15) is 5.69 Å². The Balaban J connectivity index is 1.94. The topological polar surface area (TPSA) is 60.0 Å². The maximum absolute atomic E-state index is 12.1. The Hall–Kier alpha value is -1.00. The lowest BCUT2D eigenvalue weighted by molar-refractivity contribution is 0.0941. The fourth-order valence-electron chi connectivity index (χ4n) is 2.08. The van der Waals surface area contributed by atoms with Crippen molar-refractivity contribution in [2.24, 2.45) is 11.7 Å². The van der Waals surface area contributed by atoms with E-state index in [-0.39, 0.29) is 11.9 Å². The third-order valence-corrected chi connectivity index (χ3v) is 3.49. The molecule has 1 aromatic heterocycles. The van der Waals surface area contributed by atoms with E-state index in [1.807, 2.05) is 4.57 Å². The molecule has 2 rings (SSSR count). The number of nitrogens with zero attached hydrogens (tertiary/aromatic N) is 1. The molecule has 0 aliphatic heterocycles. The van der Waals surface area contributed by atoms with Crippen molar-refractivity contribution in [3.63, 3.8) is 0 Å². The van der Waals surface area contributed by atoms with Crippen LogP contribution in [0.25, 0.3) is 0 Å². The number of carbonyl (C=O) groups excluding carboxylic acids is 1. The molecule has 1 heterocycles. The number of hydrogen-bond acceptors (Lipinski definition) is 2. The standard InChI is InChI=1S/C13H20ClN3O/c1-2-5-17-8-10(14)6-12(17)13(18)16-7-11(15)9-3-4-9/h6,8-9,11H,2-5,7,15H2,1H3,(H,16,18). The average molecular weight is 270 g/mol. The number of aryl methyl sites for hydroxylation is 1. The van der Waals surface area contributed by atoms with E-state index in [2.05, 4.69) is 12.2 Å². The largest absolute Gasteiger partial charge is 0.349 e. The van der Waals surface area contributed by atoms with Crippen LogP contribution in [-0.2, 0) is 6.54 Å². The number of nitrogens with two attached hydrogens (primary N) is 1. The van der Waals surface area contributed by atoms with Gasteiger partial charge in [0.05, 0.1) is 5.02 Å². The summed E-state index contributed by atoms with van der Waals surface area (Å²) in [5.41, 5.74) is 6.58. The van der Waals surface area contributed by atoms with Crippen molar-refractivity contribution in [1.82, 2.24) is 9.88 Å². The fraction of sp³-hybridized carbons (Fsp3) is 0.615. The summed E-state index contributed by atoms with van der Waals surface area (Å²) in [5, 5.41) is 3.49. The molecule has 1 atom stereocenters. The highest BCUT2D eigenvalue weighted by Crippen LogP contribution is 2.31. The Morgan fingerprint density at radius 3 is 3.00 bits per heavy atom. The molecule has 18 heavy (non-hydrogen) atoms. The highest BCUT2D eigenvalue weighted by atomic mass is 35.5. The first kappa shape index (κ1) is 13.4. The smallest absolute Gasteiger partial charge is 0.268 e. The first-order valence-electron chi connectivity index (χ1n) is 6.51. The van der Waals surface area contributed by atoms with Crippen molar-refractivity contribution in [1.29, 1.82) is 0 Å². The molecule has 5 heteroatoms. The minimum Gasteiger partial charge on any atom is -0.349 e. The lowest BCUT2D eigenvalue weighted by atomic mass is 10.2. The van der Waals surface area contributed by atoms with E-state index in [1.54, 1.807) is 12.3 Å². The second kappa shape index (κ2) is 5.76. The summed E-state index contributed by atoms with van der Waals surface area (Å²) in [4.78, 5) is 12.1. The number of hydrogen-bond donors (Lipinski definition) is 2. The van der Waals surface area contributed by atoms with Gasteiger partial charge in [0, 0.05) is 25.3 Å². The maximum Gasteiger partial charge on any atom is 0.268 e. The van der Waals surface area contributed by atoms with Crippen LogP contribution < -0.4 is 11.1 Å². The van der Waals surface area contributed by atoms with Gasteiger partial charge in [-0.2, -0.15) is 0 Å². The van der Waals surface area contributed by atoms with Crippen LogP contribution in [0.15, 0.2) is 12.3 Å². The third-order valence-electron chi connectivity index (χ3n) is 3.29. The number of rotatable bonds is 6. The first-order valence-corrected chi connectivity index (χ1v) is 6.89. The third kappa shape index (κ3) is 3.27. The molecule has 0 saturated heterocycles. The number of carbonyl (C=O) groups is 1. The van der Waals surface area contributed by atoms with Crippen LogP contribution in [0, 0.1) is 5.92 Å². The summed E-state index contributed by atoms with van der Waals surface area (Å²) < 4.78 is 1.89. The predicted octanol–water partition coefficient (Wildman–Crippen LogP) is 2.02. The Morgan fingerprint density at radius 2 is 2.39 bits per heavy atom. The molecule has 0 aromatic carbocycles. The van der Waals surface area contributed by atoms with Crippen LogP contribution in [0.4, 0.5) is 0 Å². The van der Waals surface area contributed by atoms with Crippen molar-refractivity contribution in [3.05, 3.63) is 23.0 Å². The minimum absolute atomic E-state index is 0.0824. The molecule has 3 N–H and O–H groups in total. The number of aromatic nitrogens is 1. The highest BCUT2D eigenvalue weighted by Gasteiger charge is 2.28. The van der Waals surface area contributed by atoms with E-state index in [4.69, 9.17) is 17.3 Å². The molecule has 0 radical (unpaired) electrons. The Morgan fingerprint density at radius 1 is 1.67 bits per heavy atom. The molecular formula is C13H20ClN3O. The molecule has 1 saturated carbocycles. The van der Waals surface area contributed by atoms with Gasteiger partial charge in [-0.25, -0.2) is 0 Å². The van der Waals surface area contributed by atoms with E-state index in [1.165, 1.54) is 12.8 Å². The monoisotopic (exact) mass is 269 g/mol. The molecular weight excluding hydrogens is 250 g/mol. The molecule has 4 nitrogen and oxygen atoms in total. The lowest BCUT2D eigenvalue weighted by Crippen LogP contribution is -2.39. The summed E-state index contributed by atoms with van der Waals surface area (Å²) in [6.45, 7) is 3.40. The molecule has 0 bridgehead atoms. The fourth-order valence-corrected chi connectivity index (χ4v) is 2.30. The summed E-state index contributed by atoms with van der Waals surface area (Å²) in [5.74, 6) is 0.503. The normalized spacial score (nSPS) is 16.6. The zero-order valence-electron chi connectivity index (χ0n) is 10.7. The zero-order chi connectivity index (χ0) is 13.1. The van der Waals surface area contributed by atoms with Gasteiger partial charge in [0.2, 0.25) is 0 Å². The summed E-state index contributed by atoms with van der Waals surface area (Å²) in [7, 11) is 0. The number of halogens is 1. The second-order valence-corrected chi connectivity index (χ2v) is 5.38. The molecule has 100 valence electrons. The van der Waals surface area contributed by atoms with Crippen LogP contribution in [0.2, 0.25) is 5.02 Å². The summed E-state index contributed by atoms with van der Waals surface area (Å²) in [6, 6.07) is 1.79. The molecule has 0 spiro atoms. The zero-order valence-corrected chi connectivity index (χ0v) is 11.4. The van der Waals surface area contributed by atoms with Crippen LogP contribution >= 0.6 is 11.6 Å². The Labute approximate surface area is 112 Å². The van der Waals surface area contributed by atoms with Gasteiger partial charge in [-0.3, -0.25) is 4.79 Å². The summed E-state index contributed by atoms with van der Waals surface area (Å²) in [6.07, 6.45) is 5.14. The van der Waals surface area contributed by atoms with E-state index in [0.29, 0.717) is 23.2 Å². The maximum atomic E-state index is 12.1. The van der Waals surface area contributed by atoms with Crippen molar-refractivity contribution in [2.75, 3.05) is 6.54 Å². The molecule has 1 aliphatic carbocycles. The van der Waals surface area contributed by atoms with Gasteiger partial charge < -0.3 is 15.6 Å². The number of amides is 1. The Kier molecular flexibility index (Phi) is 4.30. The van der Waals surface area contributed by atoms with Gasteiger partial charge >= 0.3 is 0 Å². The van der Waals surface area contributed by atoms with Crippen molar-refractivity contribution >= 4 is 17.5 Å². The van der Waals surface area contributed by atoms with Crippen LogP contribution in [0.5, 0.6) is 0 Å².